The van der Waals surface area contributed by atoms with Crippen molar-refractivity contribution >= 4 is 11.6 Å². The van der Waals surface area contributed by atoms with E-state index in [0.717, 1.165) is 17.7 Å². The zero-order chi connectivity index (χ0) is 15.3. The summed E-state index contributed by atoms with van der Waals surface area (Å²) in [4.78, 5) is 11.9. The average molecular weight is 289 g/mol. The van der Waals surface area contributed by atoms with Crippen molar-refractivity contribution in [1.29, 1.82) is 0 Å². The number of rotatable bonds is 11. The number of anilines is 1. The first-order valence-corrected chi connectivity index (χ1v) is 8.59. The predicted molar refractivity (Wildman–Crippen MR) is 91.7 cm³/mol. The predicted octanol–water partition coefficient (Wildman–Crippen LogP) is 5.85. The fraction of sp³-hybridized carbons (Fsp3) is 0.632. The first-order valence-electron chi connectivity index (χ1n) is 8.59. The molecule has 1 rings (SSSR count). The first kappa shape index (κ1) is 17.7. The van der Waals surface area contributed by atoms with E-state index >= 15 is 0 Å². The van der Waals surface area contributed by atoms with Gasteiger partial charge in [-0.3, -0.25) is 4.79 Å². The summed E-state index contributed by atoms with van der Waals surface area (Å²) in [5, 5.41) is 3.00. The largest absolute Gasteiger partial charge is 0.326 e. The number of unbranched alkanes of at least 4 members (excludes halogenated alkanes) is 8. The summed E-state index contributed by atoms with van der Waals surface area (Å²) in [7, 11) is 0. The van der Waals surface area contributed by atoms with E-state index in [1.54, 1.807) is 0 Å². The Hall–Kier alpha value is -1.31. The van der Waals surface area contributed by atoms with Crippen LogP contribution in [0.25, 0.3) is 0 Å². The third kappa shape index (κ3) is 8.54. The van der Waals surface area contributed by atoms with Gasteiger partial charge in [-0.25, -0.2) is 0 Å². The second-order valence-electron chi connectivity index (χ2n) is 5.94. The topological polar surface area (TPSA) is 29.1 Å². The Balaban J connectivity index is 2.00. The molecule has 0 fully saturated rings. The second-order valence-corrected chi connectivity index (χ2v) is 5.94. The summed E-state index contributed by atoms with van der Waals surface area (Å²) in [5.74, 6) is 0.146. The molecule has 1 aromatic carbocycles. The fourth-order valence-corrected chi connectivity index (χ4v) is 2.52. The Morgan fingerprint density at radius 3 is 2.10 bits per heavy atom. The molecule has 0 saturated carbocycles. The van der Waals surface area contributed by atoms with Gasteiger partial charge in [0, 0.05) is 12.1 Å². The molecular formula is C19H31NO. The average Bonchev–Trinajstić information content (AvgIpc) is 2.48. The highest BCUT2D eigenvalue weighted by atomic mass is 16.1. The molecule has 0 atom stereocenters. The summed E-state index contributed by atoms with van der Waals surface area (Å²) < 4.78 is 0. The Bertz CT molecular complexity index is 400. The van der Waals surface area contributed by atoms with Gasteiger partial charge in [0.25, 0.3) is 0 Å². The lowest BCUT2D eigenvalue weighted by molar-refractivity contribution is -0.116. The number of carbonyl (C=O) groups excluding carboxylic acids is 1. The van der Waals surface area contributed by atoms with Gasteiger partial charge < -0.3 is 5.32 Å². The minimum Gasteiger partial charge on any atom is -0.326 e. The van der Waals surface area contributed by atoms with Crippen LogP contribution in [-0.4, -0.2) is 5.91 Å². The van der Waals surface area contributed by atoms with Gasteiger partial charge in [0.2, 0.25) is 5.91 Å². The molecule has 21 heavy (non-hydrogen) atoms. The standard InChI is InChI=1S/C19H31NO/c1-3-4-5-6-7-8-9-10-11-16-19(21)20-18-15-13-12-14-17(18)2/h12-15H,3-11,16H2,1-2H3,(H,20,21). The molecule has 0 bridgehead atoms. The number of amides is 1. The molecule has 2 nitrogen and oxygen atoms in total. The van der Waals surface area contributed by atoms with Gasteiger partial charge in [-0.15, -0.1) is 0 Å². The number of carbonyl (C=O) groups is 1. The van der Waals surface area contributed by atoms with E-state index in [2.05, 4.69) is 12.2 Å². The zero-order valence-electron chi connectivity index (χ0n) is 13.8. The minimum atomic E-state index is 0.146. The highest BCUT2D eigenvalue weighted by Crippen LogP contribution is 2.14. The molecule has 0 aliphatic heterocycles. The van der Waals surface area contributed by atoms with Crippen molar-refractivity contribution < 1.29 is 4.79 Å². The van der Waals surface area contributed by atoms with Crippen LogP contribution in [0.5, 0.6) is 0 Å². The summed E-state index contributed by atoms with van der Waals surface area (Å²) in [6.07, 6.45) is 12.2. The molecule has 0 heterocycles. The van der Waals surface area contributed by atoms with E-state index in [0.29, 0.717) is 6.42 Å². The van der Waals surface area contributed by atoms with Crippen molar-refractivity contribution in [2.45, 2.75) is 78.1 Å². The molecule has 0 unspecified atom stereocenters. The van der Waals surface area contributed by atoms with Gasteiger partial charge in [-0.2, -0.15) is 0 Å². The molecular weight excluding hydrogens is 258 g/mol. The molecule has 0 aliphatic rings. The normalized spacial score (nSPS) is 10.6. The summed E-state index contributed by atoms with van der Waals surface area (Å²) in [6.45, 7) is 4.27. The second kappa shape index (κ2) is 11.4. The lowest BCUT2D eigenvalue weighted by Crippen LogP contribution is -2.11. The highest BCUT2D eigenvalue weighted by molar-refractivity contribution is 5.91. The summed E-state index contributed by atoms with van der Waals surface area (Å²) in [6, 6.07) is 7.93. The van der Waals surface area contributed by atoms with E-state index in [-0.39, 0.29) is 5.91 Å². The SMILES string of the molecule is CCCCCCCCCCCC(=O)Nc1ccccc1C. The lowest BCUT2D eigenvalue weighted by Gasteiger charge is -2.07. The van der Waals surface area contributed by atoms with E-state index < -0.39 is 0 Å². The molecule has 2 heteroatoms. The molecule has 0 aromatic heterocycles. The Morgan fingerprint density at radius 1 is 0.905 bits per heavy atom. The quantitative estimate of drug-likeness (QED) is 0.508. The van der Waals surface area contributed by atoms with Crippen LogP contribution in [0.15, 0.2) is 24.3 Å². The fourth-order valence-electron chi connectivity index (χ4n) is 2.52. The summed E-state index contributed by atoms with van der Waals surface area (Å²) >= 11 is 0. The van der Waals surface area contributed by atoms with Gasteiger partial charge in [-0.1, -0.05) is 76.5 Å². The van der Waals surface area contributed by atoms with E-state index in [4.69, 9.17) is 0 Å². The third-order valence-corrected chi connectivity index (χ3v) is 3.93. The Kier molecular flexibility index (Phi) is 9.60. The molecule has 0 saturated heterocycles. The monoisotopic (exact) mass is 289 g/mol. The number of benzene rings is 1. The highest BCUT2D eigenvalue weighted by Gasteiger charge is 2.03. The van der Waals surface area contributed by atoms with Crippen molar-refractivity contribution in [1.82, 2.24) is 0 Å². The Labute approximate surface area is 130 Å². The number of nitrogens with one attached hydrogen (secondary N) is 1. The maximum Gasteiger partial charge on any atom is 0.224 e. The van der Waals surface area contributed by atoms with E-state index in [1.165, 1.54) is 51.4 Å². The van der Waals surface area contributed by atoms with Crippen LogP contribution >= 0.6 is 0 Å². The van der Waals surface area contributed by atoms with Crippen molar-refractivity contribution in [2.24, 2.45) is 0 Å². The summed E-state index contributed by atoms with van der Waals surface area (Å²) in [5.41, 5.74) is 2.07. The molecule has 0 aliphatic carbocycles. The van der Waals surface area contributed by atoms with Crippen LogP contribution in [0.2, 0.25) is 0 Å². The van der Waals surface area contributed by atoms with Crippen molar-refractivity contribution in [2.75, 3.05) is 5.32 Å². The molecule has 1 amide bonds. The van der Waals surface area contributed by atoms with E-state index in [9.17, 15) is 4.79 Å². The number of hydrogen-bond acceptors (Lipinski definition) is 1. The van der Waals surface area contributed by atoms with Crippen LogP contribution < -0.4 is 5.32 Å². The zero-order valence-corrected chi connectivity index (χ0v) is 13.8. The van der Waals surface area contributed by atoms with Crippen molar-refractivity contribution in [3.63, 3.8) is 0 Å². The molecule has 0 radical (unpaired) electrons. The maximum absolute atomic E-state index is 11.9. The van der Waals surface area contributed by atoms with Gasteiger partial charge in [0.15, 0.2) is 0 Å². The molecule has 1 aromatic rings. The van der Waals surface area contributed by atoms with Crippen LogP contribution in [0.4, 0.5) is 5.69 Å². The van der Waals surface area contributed by atoms with Gasteiger partial charge in [0.05, 0.1) is 0 Å². The van der Waals surface area contributed by atoms with Crippen molar-refractivity contribution in [3.05, 3.63) is 29.8 Å². The van der Waals surface area contributed by atoms with Gasteiger partial charge in [-0.05, 0) is 25.0 Å². The lowest BCUT2D eigenvalue weighted by atomic mass is 10.1. The van der Waals surface area contributed by atoms with E-state index in [1.807, 2.05) is 31.2 Å². The van der Waals surface area contributed by atoms with Crippen LogP contribution in [-0.2, 0) is 4.79 Å². The minimum absolute atomic E-state index is 0.146. The van der Waals surface area contributed by atoms with Crippen LogP contribution in [0.1, 0.15) is 76.7 Å². The van der Waals surface area contributed by atoms with Gasteiger partial charge in [0.1, 0.15) is 0 Å². The number of aryl methyl sites for hydroxylation is 1. The third-order valence-electron chi connectivity index (χ3n) is 3.93. The number of para-hydroxylation sites is 1. The molecule has 118 valence electrons. The molecule has 1 N–H and O–H groups in total. The first-order chi connectivity index (χ1) is 10.2. The van der Waals surface area contributed by atoms with Crippen LogP contribution in [0.3, 0.4) is 0 Å². The van der Waals surface area contributed by atoms with Crippen LogP contribution in [0, 0.1) is 6.92 Å². The maximum atomic E-state index is 11.9. The Morgan fingerprint density at radius 2 is 1.48 bits per heavy atom. The van der Waals surface area contributed by atoms with Gasteiger partial charge >= 0.3 is 0 Å². The molecule has 0 spiro atoms. The smallest absolute Gasteiger partial charge is 0.224 e. The van der Waals surface area contributed by atoms with Crippen molar-refractivity contribution in [3.8, 4) is 0 Å². The number of hydrogen-bond donors (Lipinski definition) is 1.